The number of Topliss-reactive ketones (excluding diaryl/α,β-unsaturated/α-hetero) is 1. The average molecular weight is 621 g/mol. The molecule has 7 N–H and O–H groups in total. The van der Waals surface area contributed by atoms with Gasteiger partial charge >= 0.3 is 5.97 Å². The molecule has 10 heteroatoms. The first-order chi connectivity index (χ1) is 20.6. The van der Waals surface area contributed by atoms with E-state index in [1.54, 1.807) is 6.08 Å². The van der Waals surface area contributed by atoms with Crippen LogP contribution in [0.25, 0.3) is 0 Å². The monoisotopic (exact) mass is 620 g/mol. The molecule has 3 aliphatic carbocycles. The van der Waals surface area contributed by atoms with Crippen molar-refractivity contribution >= 4 is 11.8 Å². The van der Waals surface area contributed by atoms with Crippen molar-refractivity contribution in [2.45, 2.75) is 126 Å². The molecule has 0 aromatic carbocycles. The standard InChI is InChI=1S/C34H52O10/c1-6-7-8-9-10-11-12-13-14-15-16-17-25(36)44-29-26-28(38)32(41,20-35)30(39)34(43)24(18-22(4)27(34)37)33(26,42)23(5)19-31(29,40)21(2)3/h14-18,23-24,26,28-30,35,38-43H,2,6-13,19-20H2,1,3-5H3/b15-14+,17-16+/t23-,24+,26+,28+,29-,30-,31-,32+,33+,34-/m1/s1. The number of esters is 1. The van der Waals surface area contributed by atoms with Crippen molar-refractivity contribution in [3.8, 4) is 0 Å². The number of allylic oxidation sites excluding steroid dienone is 3. The van der Waals surface area contributed by atoms with Gasteiger partial charge in [-0.1, -0.05) is 83.3 Å². The molecule has 0 aromatic rings. The molecule has 3 aliphatic rings. The van der Waals surface area contributed by atoms with Gasteiger partial charge in [-0.05, 0) is 50.2 Å². The number of carbonyl (C=O) groups excluding carboxylic acids is 2. The number of ketones is 1. The summed E-state index contributed by atoms with van der Waals surface area (Å²) in [6.07, 6.45) is 9.83. The minimum absolute atomic E-state index is 0.00639. The summed E-state index contributed by atoms with van der Waals surface area (Å²) in [5.41, 5.74) is -9.99. The van der Waals surface area contributed by atoms with E-state index in [0.717, 1.165) is 25.3 Å². The van der Waals surface area contributed by atoms with E-state index in [1.165, 1.54) is 65.0 Å². The van der Waals surface area contributed by atoms with Crippen LogP contribution in [0.5, 0.6) is 0 Å². The number of ether oxygens (including phenoxy) is 1. The molecular formula is C34H52O10. The lowest BCUT2D eigenvalue weighted by atomic mass is 9.54. The highest BCUT2D eigenvalue weighted by Gasteiger charge is 2.77. The molecule has 0 aliphatic heterocycles. The predicted octanol–water partition coefficient (Wildman–Crippen LogP) is 2.18. The molecule has 0 heterocycles. The summed E-state index contributed by atoms with van der Waals surface area (Å²) in [7, 11) is 0. The van der Waals surface area contributed by atoms with E-state index in [2.05, 4.69) is 13.5 Å². The van der Waals surface area contributed by atoms with E-state index in [9.17, 15) is 45.3 Å². The van der Waals surface area contributed by atoms with E-state index in [4.69, 9.17) is 4.74 Å². The number of unbranched alkanes of at least 4 members (excludes halogenated alkanes) is 7. The third kappa shape index (κ3) is 6.15. The first-order valence-electron chi connectivity index (χ1n) is 15.9. The van der Waals surface area contributed by atoms with Crippen molar-refractivity contribution < 1.29 is 50.1 Å². The van der Waals surface area contributed by atoms with Crippen LogP contribution in [0.3, 0.4) is 0 Å². The minimum atomic E-state index is -2.96. The molecule has 3 rings (SSSR count). The van der Waals surface area contributed by atoms with E-state index < -0.39 is 76.8 Å². The molecule has 10 atom stereocenters. The normalized spacial score (nSPS) is 40.5. The Balaban J connectivity index is 1.93. The lowest BCUT2D eigenvalue weighted by Gasteiger charge is -2.58. The number of fused-ring (bicyclic) bond motifs is 3. The Morgan fingerprint density at radius 2 is 1.68 bits per heavy atom. The number of hydrogen-bond acceptors (Lipinski definition) is 10. The van der Waals surface area contributed by atoms with Gasteiger partial charge in [0.05, 0.1) is 24.2 Å². The molecule has 0 bridgehead atoms. The number of aliphatic hydroxyl groups is 7. The Labute approximate surface area is 260 Å². The summed E-state index contributed by atoms with van der Waals surface area (Å²) in [6, 6.07) is 0. The molecule has 44 heavy (non-hydrogen) atoms. The van der Waals surface area contributed by atoms with Crippen LogP contribution in [0.15, 0.2) is 48.1 Å². The Hall–Kier alpha value is -2.18. The van der Waals surface area contributed by atoms with Crippen molar-refractivity contribution in [1.82, 2.24) is 0 Å². The maximum atomic E-state index is 13.2. The highest BCUT2D eigenvalue weighted by molar-refractivity contribution is 6.05. The van der Waals surface area contributed by atoms with Gasteiger partial charge < -0.3 is 40.5 Å². The third-order valence-corrected chi connectivity index (χ3v) is 10.3. The molecule has 2 saturated carbocycles. The van der Waals surface area contributed by atoms with Gasteiger partial charge in [0.1, 0.15) is 23.4 Å². The second-order valence-corrected chi connectivity index (χ2v) is 13.3. The zero-order valence-electron chi connectivity index (χ0n) is 26.5. The van der Waals surface area contributed by atoms with Gasteiger partial charge in [-0.15, -0.1) is 0 Å². The van der Waals surface area contributed by atoms with Crippen LogP contribution >= 0.6 is 0 Å². The summed E-state index contributed by atoms with van der Waals surface area (Å²) in [5.74, 6) is -6.30. The summed E-state index contributed by atoms with van der Waals surface area (Å²) in [6.45, 7) is 9.08. The van der Waals surface area contributed by atoms with Crippen molar-refractivity contribution in [2.24, 2.45) is 17.8 Å². The fraction of sp³-hybridized carbons (Fsp3) is 0.706. The van der Waals surface area contributed by atoms with Gasteiger partial charge in [-0.25, -0.2) is 4.79 Å². The Kier molecular flexibility index (Phi) is 11.6. The highest BCUT2D eigenvalue weighted by Crippen LogP contribution is 2.60. The van der Waals surface area contributed by atoms with E-state index in [0.29, 0.717) is 0 Å². The topological polar surface area (TPSA) is 185 Å². The average Bonchev–Trinajstić information content (AvgIpc) is 3.20. The van der Waals surface area contributed by atoms with Crippen molar-refractivity contribution in [2.75, 3.05) is 6.61 Å². The Morgan fingerprint density at radius 1 is 1.07 bits per heavy atom. The molecular weight excluding hydrogens is 568 g/mol. The molecule has 0 spiro atoms. The van der Waals surface area contributed by atoms with Crippen LogP contribution in [0.2, 0.25) is 0 Å². The summed E-state index contributed by atoms with van der Waals surface area (Å²) < 4.78 is 5.73. The van der Waals surface area contributed by atoms with Gasteiger partial charge in [0.2, 0.25) is 0 Å². The molecule has 0 saturated heterocycles. The first-order valence-corrected chi connectivity index (χ1v) is 15.9. The fourth-order valence-electron chi connectivity index (χ4n) is 7.55. The largest absolute Gasteiger partial charge is 0.455 e. The second-order valence-electron chi connectivity index (χ2n) is 13.3. The van der Waals surface area contributed by atoms with Gasteiger partial charge in [0.25, 0.3) is 0 Å². The molecule has 0 unspecified atom stereocenters. The van der Waals surface area contributed by atoms with Crippen LogP contribution in [-0.2, 0) is 14.3 Å². The zero-order chi connectivity index (χ0) is 33.1. The molecule has 0 aromatic heterocycles. The van der Waals surface area contributed by atoms with Gasteiger partial charge in [-0.3, -0.25) is 4.79 Å². The zero-order valence-corrected chi connectivity index (χ0v) is 26.5. The lowest BCUT2D eigenvalue weighted by Crippen LogP contribution is -2.71. The Morgan fingerprint density at radius 3 is 2.27 bits per heavy atom. The smallest absolute Gasteiger partial charge is 0.331 e. The molecule has 0 amide bonds. The molecule has 10 nitrogen and oxygen atoms in total. The quantitative estimate of drug-likeness (QED) is 0.0529. The van der Waals surface area contributed by atoms with Crippen molar-refractivity contribution in [3.05, 3.63) is 48.1 Å². The summed E-state index contributed by atoms with van der Waals surface area (Å²) in [5, 5.41) is 80.5. The maximum Gasteiger partial charge on any atom is 0.331 e. The summed E-state index contributed by atoms with van der Waals surface area (Å²) in [4.78, 5) is 26.3. The van der Waals surface area contributed by atoms with Crippen LogP contribution < -0.4 is 0 Å². The number of hydrogen-bond donors (Lipinski definition) is 7. The fourth-order valence-corrected chi connectivity index (χ4v) is 7.55. The third-order valence-electron chi connectivity index (χ3n) is 10.3. The maximum absolute atomic E-state index is 13.2. The van der Waals surface area contributed by atoms with Gasteiger partial charge in [-0.2, -0.15) is 0 Å². The van der Waals surface area contributed by atoms with Crippen LogP contribution in [0.1, 0.15) is 85.5 Å². The summed E-state index contributed by atoms with van der Waals surface area (Å²) >= 11 is 0. The Bertz CT molecular complexity index is 1160. The van der Waals surface area contributed by atoms with Crippen LogP contribution in [-0.4, -0.2) is 94.8 Å². The van der Waals surface area contributed by atoms with Gasteiger partial charge in [0, 0.05) is 12.0 Å². The molecule has 2 fully saturated rings. The number of aliphatic hydroxyl groups excluding tert-OH is 3. The predicted molar refractivity (Wildman–Crippen MR) is 164 cm³/mol. The molecule has 248 valence electrons. The van der Waals surface area contributed by atoms with E-state index in [1.807, 2.05) is 6.08 Å². The van der Waals surface area contributed by atoms with Crippen molar-refractivity contribution in [3.63, 3.8) is 0 Å². The highest BCUT2D eigenvalue weighted by atomic mass is 16.6. The lowest BCUT2D eigenvalue weighted by molar-refractivity contribution is -0.266. The second kappa shape index (κ2) is 14.1. The van der Waals surface area contributed by atoms with E-state index in [-0.39, 0.29) is 17.6 Å². The number of rotatable bonds is 13. The SMILES string of the molecule is C=C(C)[C@]1(O)C[C@@H](C)[C@@]2(O)[C@H]([C@H]1OC(=O)/C=C/C=C/CCCCCCCCC)[C@H](O)[C@@](O)(CO)[C@@H](O)[C@]1(O)C(=O)C(C)=C[C@H]12. The van der Waals surface area contributed by atoms with Crippen LogP contribution in [0, 0.1) is 17.8 Å². The first kappa shape index (κ1) is 36.3. The molecule has 0 radical (unpaired) electrons. The van der Waals surface area contributed by atoms with Crippen molar-refractivity contribution in [1.29, 1.82) is 0 Å². The van der Waals surface area contributed by atoms with Crippen LogP contribution in [0.4, 0.5) is 0 Å². The van der Waals surface area contributed by atoms with Gasteiger partial charge in [0.15, 0.2) is 11.4 Å². The minimum Gasteiger partial charge on any atom is -0.455 e. The number of carbonyl (C=O) groups is 2. The van der Waals surface area contributed by atoms with E-state index >= 15 is 0 Å².